The van der Waals surface area contributed by atoms with Gasteiger partial charge in [0.25, 0.3) is 0 Å². The number of rotatable bonds is 4. The number of hydrogen-bond donors (Lipinski definition) is 1. The zero-order valence-corrected chi connectivity index (χ0v) is 15.9. The smallest absolute Gasteiger partial charge is 0.349 e. The molecule has 4 rings (SSSR count). The van der Waals surface area contributed by atoms with Gasteiger partial charge in [0.05, 0.1) is 11.2 Å². The molecule has 5 nitrogen and oxygen atoms in total. The molecule has 3 aromatic rings. The van der Waals surface area contributed by atoms with Crippen LogP contribution in [0.3, 0.4) is 0 Å². The monoisotopic (exact) mass is 375 g/mol. The highest BCUT2D eigenvalue weighted by Crippen LogP contribution is 2.25. The van der Waals surface area contributed by atoms with E-state index in [1.165, 1.54) is 17.4 Å². The molecule has 0 atom stereocenters. The van der Waals surface area contributed by atoms with E-state index in [0.717, 1.165) is 42.1 Å². The summed E-state index contributed by atoms with van der Waals surface area (Å²) in [5.41, 5.74) is 1.89. The van der Waals surface area contributed by atoms with E-state index in [2.05, 4.69) is 10.3 Å². The molecular formula is C23H25N3O2. The van der Waals surface area contributed by atoms with Crippen molar-refractivity contribution < 1.29 is 4.79 Å². The third-order valence-corrected chi connectivity index (χ3v) is 5.46. The summed E-state index contributed by atoms with van der Waals surface area (Å²) in [5, 5.41) is 3.99. The molecule has 1 aliphatic rings. The first-order chi connectivity index (χ1) is 13.7. The van der Waals surface area contributed by atoms with E-state index in [9.17, 15) is 9.59 Å². The number of carbonyl (C=O) groups is 1. The Hall–Kier alpha value is -2.95. The molecule has 0 spiro atoms. The summed E-state index contributed by atoms with van der Waals surface area (Å²) in [5.74, 6) is -0.117. The van der Waals surface area contributed by atoms with E-state index in [-0.39, 0.29) is 18.5 Å². The average Bonchev–Trinajstić information content (AvgIpc) is 2.99. The van der Waals surface area contributed by atoms with Crippen molar-refractivity contribution in [3.63, 3.8) is 0 Å². The summed E-state index contributed by atoms with van der Waals surface area (Å²) in [4.78, 5) is 29.7. The molecule has 1 amide bonds. The van der Waals surface area contributed by atoms with Crippen molar-refractivity contribution in [3.8, 4) is 11.3 Å². The molecule has 1 aliphatic carbocycles. The maximum Gasteiger partial charge on any atom is 0.349 e. The van der Waals surface area contributed by atoms with Crippen molar-refractivity contribution in [1.29, 1.82) is 0 Å². The highest BCUT2D eigenvalue weighted by Gasteiger charge is 2.17. The summed E-state index contributed by atoms with van der Waals surface area (Å²) in [6, 6.07) is 17.5. The van der Waals surface area contributed by atoms with Crippen LogP contribution in [0.5, 0.6) is 0 Å². The second-order valence-corrected chi connectivity index (χ2v) is 7.47. The zero-order chi connectivity index (χ0) is 19.3. The number of nitrogens with one attached hydrogen (secondary N) is 1. The van der Waals surface area contributed by atoms with Crippen LogP contribution < -0.4 is 11.0 Å². The molecule has 5 heteroatoms. The number of benzene rings is 2. The van der Waals surface area contributed by atoms with E-state index in [1.54, 1.807) is 0 Å². The standard InChI is InChI=1S/C23H25N3O2/c27-21(24-18-12-6-1-2-7-13-18)16-26-20-15-9-8-14-19(20)22(25-23(26)28)17-10-4-3-5-11-17/h3-5,8-11,14-15,18H,1-2,6-7,12-13,16H2,(H,24,27). The largest absolute Gasteiger partial charge is 0.352 e. The Morgan fingerprint density at radius 1 is 0.964 bits per heavy atom. The number of hydrogen-bond acceptors (Lipinski definition) is 3. The van der Waals surface area contributed by atoms with Crippen molar-refractivity contribution in [3.05, 3.63) is 65.1 Å². The number of nitrogens with zero attached hydrogens (tertiary/aromatic N) is 2. The van der Waals surface area contributed by atoms with Gasteiger partial charge in [-0.1, -0.05) is 74.2 Å². The predicted molar refractivity (Wildman–Crippen MR) is 111 cm³/mol. The quantitative estimate of drug-likeness (QED) is 0.704. The van der Waals surface area contributed by atoms with Crippen LogP contribution in [0.1, 0.15) is 38.5 Å². The molecule has 1 heterocycles. The van der Waals surface area contributed by atoms with Gasteiger partial charge in [-0.25, -0.2) is 4.79 Å². The van der Waals surface area contributed by atoms with Crippen LogP contribution >= 0.6 is 0 Å². The maximum absolute atomic E-state index is 12.8. The van der Waals surface area contributed by atoms with Crippen molar-refractivity contribution in [2.45, 2.75) is 51.1 Å². The van der Waals surface area contributed by atoms with E-state index in [1.807, 2.05) is 54.6 Å². The fourth-order valence-corrected chi connectivity index (χ4v) is 4.04. The number of amides is 1. The summed E-state index contributed by atoms with van der Waals surface area (Å²) < 4.78 is 1.48. The molecule has 0 bridgehead atoms. The number of fused-ring (bicyclic) bond motifs is 1. The highest BCUT2D eigenvalue weighted by atomic mass is 16.2. The molecule has 0 aliphatic heterocycles. The van der Waals surface area contributed by atoms with Crippen molar-refractivity contribution in [2.75, 3.05) is 0 Å². The van der Waals surface area contributed by atoms with Crippen molar-refractivity contribution >= 4 is 16.8 Å². The fraction of sp³-hybridized carbons (Fsp3) is 0.348. The zero-order valence-electron chi connectivity index (χ0n) is 15.9. The minimum Gasteiger partial charge on any atom is -0.352 e. The lowest BCUT2D eigenvalue weighted by Crippen LogP contribution is -2.39. The molecule has 1 N–H and O–H groups in total. The molecule has 144 valence electrons. The lowest BCUT2D eigenvalue weighted by atomic mass is 10.1. The van der Waals surface area contributed by atoms with Crippen LogP contribution in [-0.2, 0) is 11.3 Å². The Balaban J connectivity index is 1.65. The minimum absolute atomic E-state index is 0.00207. The Kier molecular flexibility index (Phi) is 5.51. The first kappa shape index (κ1) is 18.4. The van der Waals surface area contributed by atoms with Crippen LogP contribution in [0.15, 0.2) is 59.4 Å². The van der Waals surface area contributed by atoms with Gasteiger partial charge in [-0.15, -0.1) is 0 Å². The number of carbonyl (C=O) groups excluding carboxylic acids is 1. The van der Waals surface area contributed by atoms with Gasteiger partial charge in [0.2, 0.25) is 5.91 Å². The lowest BCUT2D eigenvalue weighted by Gasteiger charge is -2.17. The molecule has 2 aromatic carbocycles. The van der Waals surface area contributed by atoms with Crippen molar-refractivity contribution in [1.82, 2.24) is 14.9 Å². The van der Waals surface area contributed by atoms with Crippen LogP contribution in [-0.4, -0.2) is 21.5 Å². The van der Waals surface area contributed by atoms with Crippen LogP contribution in [0.4, 0.5) is 0 Å². The minimum atomic E-state index is -0.395. The van der Waals surface area contributed by atoms with Crippen LogP contribution in [0, 0.1) is 0 Å². The topological polar surface area (TPSA) is 64.0 Å². The average molecular weight is 375 g/mol. The molecule has 0 unspecified atom stereocenters. The normalized spacial score (nSPS) is 15.3. The first-order valence-electron chi connectivity index (χ1n) is 10.1. The number of para-hydroxylation sites is 1. The molecule has 0 radical (unpaired) electrons. The molecule has 1 aromatic heterocycles. The van der Waals surface area contributed by atoms with Crippen molar-refractivity contribution in [2.24, 2.45) is 0 Å². The van der Waals surface area contributed by atoms with Gasteiger partial charge in [0.15, 0.2) is 0 Å². The summed E-state index contributed by atoms with van der Waals surface area (Å²) >= 11 is 0. The second kappa shape index (κ2) is 8.38. The first-order valence-corrected chi connectivity index (χ1v) is 10.1. The molecule has 28 heavy (non-hydrogen) atoms. The third kappa shape index (κ3) is 3.98. The molecule has 1 saturated carbocycles. The van der Waals surface area contributed by atoms with Gasteiger partial charge < -0.3 is 5.32 Å². The molecule has 0 saturated heterocycles. The lowest BCUT2D eigenvalue weighted by molar-refractivity contribution is -0.122. The second-order valence-electron chi connectivity index (χ2n) is 7.47. The molecule has 1 fully saturated rings. The Bertz CT molecular complexity index is 1020. The van der Waals surface area contributed by atoms with E-state index in [0.29, 0.717) is 5.69 Å². The number of aromatic nitrogens is 2. The molecular weight excluding hydrogens is 350 g/mol. The summed E-state index contributed by atoms with van der Waals surface area (Å²) in [6.45, 7) is -0.00207. The van der Waals surface area contributed by atoms with Crippen LogP contribution in [0.2, 0.25) is 0 Å². The van der Waals surface area contributed by atoms with E-state index in [4.69, 9.17) is 0 Å². The van der Waals surface area contributed by atoms with Gasteiger partial charge in [-0.3, -0.25) is 9.36 Å². The van der Waals surface area contributed by atoms with E-state index >= 15 is 0 Å². The van der Waals surface area contributed by atoms with Gasteiger partial charge in [-0.2, -0.15) is 4.98 Å². The third-order valence-electron chi connectivity index (χ3n) is 5.46. The van der Waals surface area contributed by atoms with Crippen LogP contribution in [0.25, 0.3) is 22.2 Å². The highest BCUT2D eigenvalue weighted by molar-refractivity contribution is 5.93. The summed E-state index contributed by atoms with van der Waals surface area (Å²) in [6.07, 6.45) is 6.82. The predicted octanol–water partition coefficient (Wildman–Crippen LogP) is 3.90. The Labute approximate surface area is 164 Å². The van der Waals surface area contributed by atoms with E-state index < -0.39 is 5.69 Å². The van der Waals surface area contributed by atoms with Gasteiger partial charge in [0.1, 0.15) is 6.54 Å². The van der Waals surface area contributed by atoms with Gasteiger partial charge in [-0.05, 0) is 18.9 Å². The van der Waals surface area contributed by atoms with Gasteiger partial charge >= 0.3 is 5.69 Å². The fourth-order valence-electron chi connectivity index (χ4n) is 4.04. The Morgan fingerprint density at radius 2 is 1.64 bits per heavy atom. The summed E-state index contributed by atoms with van der Waals surface area (Å²) in [7, 11) is 0. The Morgan fingerprint density at radius 3 is 2.39 bits per heavy atom. The van der Waals surface area contributed by atoms with Gasteiger partial charge in [0, 0.05) is 17.0 Å². The SMILES string of the molecule is O=C(Cn1c(=O)nc(-c2ccccc2)c2ccccc21)NC1CCCCCC1. The maximum atomic E-state index is 12.8.